The maximum atomic E-state index is 13.2. The molecule has 0 amide bonds. The topological polar surface area (TPSA) is 87.4 Å². The van der Waals surface area contributed by atoms with Gasteiger partial charge in [-0.2, -0.15) is 13.2 Å². The maximum absolute atomic E-state index is 13.2. The fraction of sp³-hybridized carbons (Fsp3) is 0.389. The number of anilines is 1. The lowest BCUT2D eigenvalue weighted by molar-refractivity contribution is -0.259. The van der Waals surface area contributed by atoms with Gasteiger partial charge in [0.1, 0.15) is 17.2 Å². The first kappa shape index (κ1) is 18.6. The van der Waals surface area contributed by atoms with Crippen LogP contribution in [0.3, 0.4) is 0 Å². The molecule has 1 saturated heterocycles. The zero-order valence-electron chi connectivity index (χ0n) is 15.0. The summed E-state index contributed by atoms with van der Waals surface area (Å²) >= 11 is 0. The molecular formula is C18H19F3N6O. The number of imidazole rings is 1. The van der Waals surface area contributed by atoms with Gasteiger partial charge in [0.05, 0.1) is 24.3 Å². The van der Waals surface area contributed by atoms with Crippen molar-refractivity contribution >= 4 is 11.5 Å². The van der Waals surface area contributed by atoms with E-state index in [4.69, 9.17) is 0 Å². The molecule has 10 heteroatoms. The Hall–Kier alpha value is -2.72. The van der Waals surface area contributed by atoms with Crippen LogP contribution in [0.1, 0.15) is 18.9 Å². The Labute approximate surface area is 158 Å². The summed E-state index contributed by atoms with van der Waals surface area (Å²) in [6.07, 6.45) is 2.04. The van der Waals surface area contributed by atoms with Gasteiger partial charge in [0.2, 0.25) is 0 Å². The highest BCUT2D eigenvalue weighted by molar-refractivity contribution is 5.61. The molecule has 0 saturated carbocycles. The number of alkyl halides is 3. The molecule has 3 aromatic rings. The van der Waals surface area contributed by atoms with E-state index >= 15 is 0 Å². The summed E-state index contributed by atoms with van der Waals surface area (Å²) in [5.41, 5.74) is -1.88. The second-order valence-electron chi connectivity index (χ2n) is 6.98. The average molecular weight is 392 g/mol. The van der Waals surface area contributed by atoms with E-state index in [1.807, 2.05) is 0 Å². The van der Waals surface area contributed by atoms with E-state index in [0.717, 1.165) is 26.4 Å². The molecule has 4 heterocycles. The summed E-state index contributed by atoms with van der Waals surface area (Å²) < 4.78 is 41.1. The van der Waals surface area contributed by atoms with Crippen LogP contribution < -0.4 is 10.6 Å². The van der Waals surface area contributed by atoms with Crippen molar-refractivity contribution in [2.24, 2.45) is 0 Å². The summed E-state index contributed by atoms with van der Waals surface area (Å²) in [4.78, 5) is 12.9. The molecule has 0 aromatic carbocycles. The second-order valence-corrected chi connectivity index (χ2v) is 6.98. The predicted molar refractivity (Wildman–Crippen MR) is 96.7 cm³/mol. The van der Waals surface area contributed by atoms with Crippen LogP contribution in [0.4, 0.5) is 19.0 Å². The van der Waals surface area contributed by atoms with E-state index in [1.165, 1.54) is 35.1 Å². The zero-order valence-corrected chi connectivity index (χ0v) is 15.0. The Morgan fingerprint density at radius 1 is 1.25 bits per heavy atom. The predicted octanol–water partition coefficient (Wildman–Crippen LogP) is 2.33. The average Bonchev–Trinajstić information content (AvgIpc) is 3.30. The molecule has 3 N–H and O–H groups in total. The number of aromatic nitrogens is 4. The molecule has 0 aliphatic carbocycles. The Bertz CT molecular complexity index is 994. The second kappa shape index (κ2) is 6.71. The van der Waals surface area contributed by atoms with Crippen LogP contribution >= 0.6 is 0 Å². The normalized spacial score (nSPS) is 19.7. The number of hydrogen-bond acceptors (Lipinski definition) is 6. The summed E-state index contributed by atoms with van der Waals surface area (Å²) in [6.45, 7) is 2.49. The summed E-state index contributed by atoms with van der Waals surface area (Å²) in [6, 6.07) is 2.90. The molecule has 2 atom stereocenters. The van der Waals surface area contributed by atoms with E-state index in [-0.39, 0.29) is 11.6 Å². The lowest BCUT2D eigenvalue weighted by atomic mass is 9.97. The van der Waals surface area contributed by atoms with Crippen molar-refractivity contribution in [2.75, 3.05) is 18.4 Å². The fourth-order valence-corrected chi connectivity index (χ4v) is 3.17. The number of rotatable bonds is 4. The fourth-order valence-electron chi connectivity index (χ4n) is 3.17. The largest absolute Gasteiger partial charge is 0.421 e. The van der Waals surface area contributed by atoms with Gasteiger partial charge >= 0.3 is 6.18 Å². The lowest BCUT2D eigenvalue weighted by Gasteiger charge is -2.26. The van der Waals surface area contributed by atoms with Gasteiger partial charge in [0.15, 0.2) is 5.60 Å². The maximum Gasteiger partial charge on any atom is 0.421 e. The van der Waals surface area contributed by atoms with Gasteiger partial charge < -0.3 is 15.7 Å². The van der Waals surface area contributed by atoms with E-state index in [9.17, 15) is 18.3 Å². The third-order valence-electron chi connectivity index (χ3n) is 4.93. The van der Waals surface area contributed by atoms with Gasteiger partial charge in [-0.25, -0.2) is 9.97 Å². The smallest absolute Gasteiger partial charge is 0.376 e. The number of nitrogens with zero attached hydrogens (tertiary/aromatic N) is 4. The first-order chi connectivity index (χ1) is 13.3. The van der Waals surface area contributed by atoms with Gasteiger partial charge in [-0.15, -0.1) is 0 Å². The number of aliphatic hydroxyl groups is 1. The molecular weight excluding hydrogens is 373 g/mol. The molecule has 148 valence electrons. The van der Waals surface area contributed by atoms with Gasteiger partial charge in [-0.05, 0) is 26.0 Å². The Kier molecular flexibility index (Phi) is 4.47. The molecule has 7 nitrogen and oxygen atoms in total. The summed E-state index contributed by atoms with van der Waals surface area (Å²) in [5.74, 6) is 0.583. The molecule has 4 rings (SSSR count). The van der Waals surface area contributed by atoms with Gasteiger partial charge in [-0.3, -0.25) is 9.38 Å². The molecule has 1 aliphatic heterocycles. The highest BCUT2D eigenvalue weighted by atomic mass is 19.4. The van der Waals surface area contributed by atoms with Gasteiger partial charge in [-0.1, -0.05) is 6.07 Å². The highest BCUT2D eigenvalue weighted by Crippen LogP contribution is 2.38. The van der Waals surface area contributed by atoms with Crippen LogP contribution in [0.5, 0.6) is 0 Å². The van der Waals surface area contributed by atoms with Gasteiger partial charge in [0, 0.05) is 24.3 Å². The highest BCUT2D eigenvalue weighted by Gasteiger charge is 2.51. The third kappa shape index (κ3) is 3.29. The number of hydrogen-bond donors (Lipinski definition) is 3. The van der Waals surface area contributed by atoms with Crippen molar-refractivity contribution in [3.8, 4) is 11.4 Å². The first-order valence-electron chi connectivity index (χ1n) is 8.82. The number of halogens is 3. The van der Waals surface area contributed by atoms with Crippen molar-refractivity contribution in [3.05, 3.63) is 42.5 Å². The number of pyridine rings is 1. The Morgan fingerprint density at radius 2 is 2.07 bits per heavy atom. The minimum atomic E-state index is -4.81. The van der Waals surface area contributed by atoms with Crippen LogP contribution in [0, 0.1) is 0 Å². The zero-order chi connectivity index (χ0) is 19.9. The van der Waals surface area contributed by atoms with Crippen molar-refractivity contribution in [1.82, 2.24) is 24.7 Å². The molecule has 3 aromatic heterocycles. The van der Waals surface area contributed by atoms with E-state index < -0.39 is 11.8 Å². The Balaban J connectivity index is 1.72. The van der Waals surface area contributed by atoms with E-state index in [2.05, 4.69) is 25.6 Å². The third-order valence-corrected chi connectivity index (χ3v) is 4.93. The van der Waals surface area contributed by atoms with Crippen molar-refractivity contribution in [2.45, 2.75) is 31.2 Å². The van der Waals surface area contributed by atoms with Gasteiger partial charge in [0.25, 0.3) is 0 Å². The standard InChI is InChI=1S/C18H19F3N6O/c1-17(28,18(19,20)21)11-2-3-16-24-8-14(27(16)10-11)13-7-23-9-15(26-13)25-12-4-5-22-6-12/h2-3,7-10,12,22,28H,4-6H2,1H3,(H,25,26). The summed E-state index contributed by atoms with van der Waals surface area (Å²) in [5, 5.41) is 16.5. The van der Waals surface area contributed by atoms with Crippen LogP contribution in [-0.4, -0.2) is 49.8 Å². The number of fused-ring (bicyclic) bond motifs is 1. The molecule has 0 radical (unpaired) electrons. The van der Waals surface area contributed by atoms with E-state index in [0.29, 0.717) is 22.9 Å². The molecule has 0 spiro atoms. The van der Waals surface area contributed by atoms with Crippen LogP contribution in [-0.2, 0) is 5.60 Å². The SMILES string of the molecule is CC(O)(c1ccc2ncc(-c3cncc(NC4CCNC4)n3)n2c1)C(F)(F)F. The molecule has 0 bridgehead atoms. The minimum absolute atomic E-state index is 0.250. The summed E-state index contributed by atoms with van der Waals surface area (Å²) in [7, 11) is 0. The quantitative estimate of drug-likeness (QED) is 0.632. The molecule has 1 aliphatic rings. The van der Waals surface area contributed by atoms with Crippen molar-refractivity contribution in [3.63, 3.8) is 0 Å². The van der Waals surface area contributed by atoms with Crippen LogP contribution in [0.15, 0.2) is 36.9 Å². The molecule has 1 fully saturated rings. The van der Waals surface area contributed by atoms with E-state index in [1.54, 1.807) is 6.20 Å². The monoisotopic (exact) mass is 392 g/mol. The molecule has 2 unspecified atom stereocenters. The van der Waals surface area contributed by atoms with Crippen molar-refractivity contribution < 1.29 is 18.3 Å². The van der Waals surface area contributed by atoms with Crippen LogP contribution in [0.25, 0.3) is 17.0 Å². The number of nitrogens with one attached hydrogen (secondary N) is 2. The minimum Gasteiger partial charge on any atom is -0.376 e. The molecule has 28 heavy (non-hydrogen) atoms. The lowest BCUT2D eigenvalue weighted by Crippen LogP contribution is -2.39. The van der Waals surface area contributed by atoms with Crippen molar-refractivity contribution in [1.29, 1.82) is 0 Å². The van der Waals surface area contributed by atoms with Crippen LogP contribution in [0.2, 0.25) is 0 Å². The first-order valence-corrected chi connectivity index (χ1v) is 8.82. The Morgan fingerprint density at radius 3 is 2.79 bits per heavy atom.